The Bertz CT molecular complexity index is 499. The van der Waals surface area contributed by atoms with Crippen molar-refractivity contribution < 1.29 is 19.0 Å². The smallest absolute Gasteiger partial charge is 0.260 e. The molecule has 2 aliphatic heterocycles. The maximum atomic E-state index is 12.4. The Hall–Kier alpha value is -1.59. The molecule has 2 saturated heterocycles. The van der Waals surface area contributed by atoms with E-state index in [4.69, 9.17) is 14.2 Å². The summed E-state index contributed by atoms with van der Waals surface area (Å²) in [5.74, 6) is 0.428. The molecule has 0 unspecified atom stereocenters. The fourth-order valence-electron chi connectivity index (χ4n) is 3.15. The minimum absolute atomic E-state index is 0.0233. The highest BCUT2D eigenvalue weighted by Gasteiger charge is 2.42. The second kappa shape index (κ2) is 6.67. The van der Waals surface area contributed by atoms with Gasteiger partial charge in [-0.3, -0.25) is 4.79 Å². The van der Waals surface area contributed by atoms with Gasteiger partial charge in [0.05, 0.1) is 13.2 Å². The summed E-state index contributed by atoms with van der Waals surface area (Å²) in [5.41, 5.74) is 0. The van der Waals surface area contributed by atoms with Crippen LogP contribution in [0.5, 0.6) is 5.75 Å². The lowest BCUT2D eigenvalue weighted by atomic mass is 9.90. The molecule has 3 rings (SSSR count). The van der Waals surface area contributed by atoms with Crippen LogP contribution in [0, 0.1) is 5.92 Å². The van der Waals surface area contributed by atoms with E-state index in [1.807, 2.05) is 42.2 Å². The summed E-state index contributed by atoms with van der Waals surface area (Å²) in [6.07, 6.45) is 2.00. The Balaban J connectivity index is 1.54. The number of hydrogen-bond acceptors (Lipinski definition) is 4. The van der Waals surface area contributed by atoms with Crippen LogP contribution in [-0.2, 0) is 14.3 Å². The van der Waals surface area contributed by atoms with Crippen molar-refractivity contribution in [1.29, 1.82) is 0 Å². The van der Waals surface area contributed by atoms with Crippen molar-refractivity contribution in [3.8, 4) is 5.75 Å². The molecule has 2 aliphatic rings. The van der Waals surface area contributed by atoms with E-state index in [0.717, 1.165) is 25.1 Å². The van der Waals surface area contributed by atoms with Crippen molar-refractivity contribution >= 4 is 5.91 Å². The average Bonchev–Trinajstić information content (AvgIpc) is 3.02. The molecule has 2 fully saturated rings. The summed E-state index contributed by atoms with van der Waals surface area (Å²) in [6, 6.07) is 9.42. The van der Waals surface area contributed by atoms with E-state index in [2.05, 4.69) is 0 Å². The summed E-state index contributed by atoms with van der Waals surface area (Å²) in [7, 11) is 0. The molecule has 0 radical (unpaired) electrons. The number of amides is 1. The van der Waals surface area contributed by atoms with Crippen LogP contribution in [0.15, 0.2) is 30.3 Å². The number of rotatable bonds is 4. The first-order valence-corrected chi connectivity index (χ1v) is 7.91. The number of ether oxygens (including phenoxy) is 3. The van der Waals surface area contributed by atoms with Crippen molar-refractivity contribution in [2.75, 3.05) is 32.9 Å². The van der Waals surface area contributed by atoms with E-state index >= 15 is 0 Å². The second-order valence-electron chi connectivity index (χ2n) is 5.99. The molecule has 1 atom stereocenters. The summed E-state index contributed by atoms with van der Waals surface area (Å²) in [4.78, 5) is 14.2. The monoisotopic (exact) mass is 305 g/mol. The van der Waals surface area contributed by atoms with Crippen molar-refractivity contribution in [2.45, 2.75) is 25.6 Å². The van der Waals surface area contributed by atoms with Gasteiger partial charge in [-0.1, -0.05) is 18.2 Å². The largest absolute Gasteiger partial charge is 0.484 e. The summed E-state index contributed by atoms with van der Waals surface area (Å²) < 4.78 is 17.0. The highest BCUT2D eigenvalue weighted by atomic mass is 16.7. The maximum absolute atomic E-state index is 12.4. The van der Waals surface area contributed by atoms with Crippen molar-refractivity contribution in [2.24, 2.45) is 5.92 Å². The topological polar surface area (TPSA) is 48.0 Å². The lowest BCUT2D eigenvalue weighted by Crippen LogP contribution is -2.49. The summed E-state index contributed by atoms with van der Waals surface area (Å²) >= 11 is 0. The molecule has 0 aromatic heterocycles. The summed E-state index contributed by atoms with van der Waals surface area (Å²) in [6.45, 7) is 4.79. The number of piperidine rings is 1. The number of nitrogens with zero attached hydrogens (tertiary/aromatic N) is 1. The number of carbonyl (C=O) groups excluding carboxylic acids is 1. The van der Waals surface area contributed by atoms with E-state index in [-0.39, 0.29) is 18.4 Å². The SMILES string of the molecule is CC1([C@H]2CCCN(C(=O)COc3ccccc3)C2)OCCO1. The fourth-order valence-corrected chi connectivity index (χ4v) is 3.15. The Morgan fingerprint density at radius 3 is 2.77 bits per heavy atom. The van der Waals surface area contributed by atoms with Gasteiger partial charge in [0.1, 0.15) is 5.75 Å². The quantitative estimate of drug-likeness (QED) is 0.854. The van der Waals surface area contributed by atoms with E-state index < -0.39 is 5.79 Å². The molecule has 22 heavy (non-hydrogen) atoms. The maximum Gasteiger partial charge on any atom is 0.260 e. The highest BCUT2D eigenvalue weighted by Crippen LogP contribution is 2.34. The molecule has 5 nitrogen and oxygen atoms in total. The number of carbonyl (C=O) groups is 1. The molecule has 2 heterocycles. The van der Waals surface area contributed by atoms with Crippen LogP contribution in [-0.4, -0.2) is 49.5 Å². The van der Waals surface area contributed by atoms with E-state index in [1.54, 1.807) is 0 Å². The minimum Gasteiger partial charge on any atom is -0.484 e. The van der Waals surface area contributed by atoms with Crippen molar-refractivity contribution in [1.82, 2.24) is 4.90 Å². The van der Waals surface area contributed by atoms with Gasteiger partial charge in [-0.25, -0.2) is 0 Å². The molecule has 0 spiro atoms. The van der Waals surface area contributed by atoms with Gasteiger partial charge in [0.15, 0.2) is 12.4 Å². The van der Waals surface area contributed by atoms with Gasteiger partial charge >= 0.3 is 0 Å². The molecule has 0 saturated carbocycles. The van der Waals surface area contributed by atoms with Gasteiger partial charge in [0.2, 0.25) is 0 Å². The third kappa shape index (κ3) is 3.42. The molecular formula is C17H23NO4. The van der Waals surface area contributed by atoms with Gasteiger partial charge in [0, 0.05) is 19.0 Å². The molecule has 120 valence electrons. The van der Waals surface area contributed by atoms with Crippen LogP contribution in [0.4, 0.5) is 0 Å². The lowest BCUT2D eigenvalue weighted by Gasteiger charge is -2.39. The van der Waals surface area contributed by atoms with Gasteiger partial charge in [-0.15, -0.1) is 0 Å². The zero-order valence-corrected chi connectivity index (χ0v) is 13.0. The van der Waals surface area contributed by atoms with Crippen LogP contribution < -0.4 is 4.74 Å². The zero-order chi connectivity index (χ0) is 15.4. The molecule has 5 heteroatoms. The second-order valence-corrected chi connectivity index (χ2v) is 5.99. The number of para-hydroxylation sites is 1. The van der Waals surface area contributed by atoms with Crippen LogP contribution in [0.3, 0.4) is 0 Å². The van der Waals surface area contributed by atoms with Crippen molar-refractivity contribution in [3.05, 3.63) is 30.3 Å². The van der Waals surface area contributed by atoms with E-state index in [9.17, 15) is 4.79 Å². The van der Waals surface area contributed by atoms with Crippen LogP contribution in [0.1, 0.15) is 19.8 Å². The third-order valence-corrected chi connectivity index (χ3v) is 4.48. The lowest BCUT2D eigenvalue weighted by molar-refractivity contribution is -0.193. The van der Waals surface area contributed by atoms with Gasteiger partial charge in [0.25, 0.3) is 5.91 Å². The van der Waals surface area contributed by atoms with Crippen LogP contribution in [0.2, 0.25) is 0 Å². The molecule has 0 bridgehead atoms. The standard InChI is InChI=1S/C17H23NO4/c1-17(21-10-11-22-17)14-6-5-9-18(12-14)16(19)13-20-15-7-3-2-4-8-15/h2-4,7-8,14H,5-6,9-13H2,1H3/t14-/m0/s1. The molecule has 0 aliphatic carbocycles. The Kier molecular flexibility index (Phi) is 4.64. The number of hydrogen-bond donors (Lipinski definition) is 0. The average molecular weight is 305 g/mol. The predicted molar refractivity (Wildman–Crippen MR) is 81.6 cm³/mol. The number of benzene rings is 1. The molecule has 1 amide bonds. The van der Waals surface area contributed by atoms with Gasteiger partial charge in [-0.2, -0.15) is 0 Å². The minimum atomic E-state index is -0.542. The predicted octanol–water partition coefficient (Wildman–Crippen LogP) is 2.07. The van der Waals surface area contributed by atoms with Crippen LogP contribution in [0.25, 0.3) is 0 Å². The first-order valence-electron chi connectivity index (χ1n) is 7.91. The highest BCUT2D eigenvalue weighted by molar-refractivity contribution is 5.77. The zero-order valence-electron chi connectivity index (χ0n) is 13.0. The first kappa shape index (κ1) is 15.3. The molecule has 0 N–H and O–H groups in total. The van der Waals surface area contributed by atoms with Gasteiger partial charge < -0.3 is 19.1 Å². The molecule has 1 aromatic carbocycles. The molecular weight excluding hydrogens is 282 g/mol. The third-order valence-electron chi connectivity index (χ3n) is 4.48. The normalized spacial score (nSPS) is 24.2. The Morgan fingerprint density at radius 2 is 2.05 bits per heavy atom. The number of likely N-dealkylation sites (tertiary alicyclic amines) is 1. The van der Waals surface area contributed by atoms with Gasteiger partial charge in [-0.05, 0) is 31.9 Å². The van der Waals surface area contributed by atoms with E-state index in [0.29, 0.717) is 19.8 Å². The fraction of sp³-hybridized carbons (Fsp3) is 0.588. The Labute approximate surface area is 131 Å². The van der Waals surface area contributed by atoms with E-state index in [1.165, 1.54) is 0 Å². The molecule has 1 aromatic rings. The summed E-state index contributed by atoms with van der Waals surface area (Å²) in [5, 5.41) is 0. The first-order chi connectivity index (χ1) is 10.7. The van der Waals surface area contributed by atoms with Crippen molar-refractivity contribution in [3.63, 3.8) is 0 Å². The Morgan fingerprint density at radius 1 is 1.32 bits per heavy atom. The van der Waals surface area contributed by atoms with Crippen LogP contribution >= 0.6 is 0 Å².